The zero-order chi connectivity index (χ0) is 14.8. The summed E-state index contributed by atoms with van der Waals surface area (Å²) in [7, 11) is 0. The average Bonchev–Trinajstić information content (AvgIpc) is 2.85. The molecule has 2 heterocycles. The van der Waals surface area contributed by atoms with Crippen molar-refractivity contribution < 1.29 is 24.2 Å². The van der Waals surface area contributed by atoms with Gasteiger partial charge in [0.25, 0.3) is 0 Å². The third kappa shape index (κ3) is 2.77. The highest BCUT2D eigenvalue weighted by molar-refractivity contribution is 5.94. The van der Waals surface area contributed by atoms with Crippen LogP contribution in [0.5, 0.6) is 0 Å². The first-order chi connectivity index (χ1) is 9.48. The minimum absolute atomic E-state index is 0.0735. The summed E-state index contributed by atoms with van der Waals surface area (Å²) >= 11 is 0. The number of carboxylic acid groups (broad SMARTS) is 1. The van der Waals surface area contributed by atoms with E-state index in [1.807, 2.05) is 11.8 Å². The van der Waals surface area contributed by atoms with Crippen LogP contribution in [0.1, 0.15) is 26.2 Å². The molecule has 1 N–H and O–H groups in total. The van der Waals surface area contributed by atoms with Crippen LogP contribution < -0.4 is 0 Å². The Morgan fingerprint density at radius 3 is 2.70 bits per heavy atom. The van der Waals surface area contributed by atoms with Gasteiger partial charge in [0.05, 0.1) is 18.5 Å². The molecule has 2 amide bonds. The number of amides is 2. The number of hydrogen-bond donors (Lipinski definition) is 1. The first-order valence-corrected chi connectivity index (χ1v) is 6.91. The van der Waals surface area contributed by atoms with Crippen LogP contribution in [0.2, 0.25) is 0 Å². The van der Waals surface area contributed by atoms with E-state index in [-0.39, 0.29) is 25.6 Å². The predicted octanol–water partition coefficient (Wildman–Crippen LogP) is 0.542. The van der Waals surface area contributed by atoms with E-state index in [1.54, 1.807) is 0 Å². The molecule has 112 valence electrons. The Kier molecular flexibility index (Phi) is 4.27. The summed E-state index contributed by atoms with van der Waals surface area (Å²) in [6.45, 7) is 3.49. The maximum atomic E-state index is 12.0. The van der Waals surface area contributed by atoms with Crippen molar-refractivity contribution in [2.45, 2.75) is 26.2 Å². The molecule has 1 atom stereocenters. The number of carbonyl (C=O) groups excluding carboxylic acids is 2. The molecular weight excluding hydrogens is 264 g/mol. The maximum absolute atomic E-state index is 12.0. The van der Waals surface area contributed by atoms with Crippen LogP contribution >= 0.6 is 0 Å². The van der Waals surface area contributed by atoms with Gasteiger partial charge in [-0.05, 0) is 25.8 Å². The summed E-state index contributed by atoms with van der Waals surface area (Å²) in [4.78, 5) is 37.7. The number of ether oxygens (including phenoxy) is 1. The molecule has 0 bridgehead atoms. The smallest absolute Gasteiger partial charge is 0.416 e. The molecule has 0 aromatic heterocycles. The molecule has 0 aromatic rings. The van der Waals surface area contributed by atoms with Crippen LogP contribution in [-0.4, -0.2) is 65.7 Å². The SMILES string of the molecule is CCC1(C(=O)O)CCCN(CC(=O)N2CCOC2=O)C1. The first kappa shape index (κ1) is 14.8. The number of imide groups is 1. The fourth-order valence-corrected chi connectivity index (χ4v) is 2.87. The quantitative estimate of drug-likeness (QED) is 0.811. The number of rotatable bonds is 4. The van der Waals surface area contributed by atoms with Crippen LogP contribution in [0.4, 0.5) is 4.79 Å². The van der Waals surface area contributed by atoms with Crippen molar-refractivity contribution >= 4 is 18.0 Å². The number of likely N-dealkylation sites (tertiary alicyclic amines) is 1. The molecule has 2 rings (SSSR count). The van der Waals surface area contributed by atoms with Crippen LogP contribution in [0.3, 0.4) is 0 Å². The third-order valence-corrected chi connectivity index (χ3v) is 4.21. The van der Waals surface area contributed by atoms with Crippen LogP contribution in [0.25, 0.3) is 0 Å². The Balaban J connectivity index is 1.97. The van der Waals surface area contributed by atoms with Gasteiger partial charge >= 0.3 is 12.1 Å². The van der Waals surface area contributed by atoms with E-state index in [1.165, 1.54) is 0 Å². The van der Waals surface area contributed by atoms with E-state index < -0.39 is 17.5 Å². The molecule has 0 spiro atoms. The van der Waals surface area contributed by atoms with Crippen LogP contribution in [-0.2, 0) is 14.3 Å². The summed E-state index contributed by atoms with van der Waals surface area (Å²) < 4.78 is 4.73. The fourth-order valence-electron chi connectivity index (χ4n) is 2.87. The Labute approximate surface area is 117 Å². The minimum atomic E-state index is -0.808. The van der Waals surface area contributed by atoms with Crippen molar-refractivity contribution in [2.75, 3.05) is 32.8 Å². The van der Waals surface area contributed by atoms with E-state index in [4.69, 9.17) is 4.74 Å². The van der Waals surface area contributed by atoms with Gasteiger partial charge in [-0.1, -0.05) is 6.92 Å². The fraction of sp³-hybridized carbons (Fsp3) is 0.769. The summed E-state index contributed by atoms with van der Waals surface area (Å²) in [6.07, 6.45) is 1.32. The Hall–Kier alpha value is -1.63. The second-order valence-corrected chi connectivity index (χ2v) is 5.41. The number of carboxylic acids is 1. The van der Waals surface area contributed by atoms with E-state index in [9.17, 15) is 19.5 Å². The molecule has 2 fully saturated rings. The standard InChI is InChI=1S/C13H20N2O5/c1-2-13(11(17)18)4-3-5-14(9-13)8-10(16)15-6-7-20-12(15)19/h2-9H2,1H3,(H,17,18). The van der Waals surface area contributed by atoms with Gasteiger partial charge in [0, 0.05) is 6.54 Å². The second-order valence-electron chi connectivity index (χ2n) is 5.41. The normalized spacial score (nSPS) is 27.4. The minimum Gasteiger partial charge on any atom is -0.481 e. The lowest BCUT2D eigenvalue weighted by molar-refractivity contribution is -0.154. The average molecular weight is 284 g/mol. The van der Waals surface area contributed by atoms with Gasteiger partial charge in [0.1, 0.15) is 6.61 Å². The summed E-state index contributed by atoms with van der Waals surface area (Å²) in [6, 6.07) is 0. The van der Waals surface area contributed by atoms with Crippen molar-refractivity contribution in [1.82, 2.24) is 9.80 Å². The number of carbonyl (C=O) groups is 3. The Morgan fingerprint density at radius 1 is 1.40 bits per heavy atom. The van der Waals surface area contributed by atoms with Crippen molar-refractivity contribution in [1.29, 1.82) is 0 Å². The van der Waals surface area contributed by atoms with E-state index in [0.29, 0.717) is 25.9 Å². The number of piperidine rings is 1. The lowest BCUT2D eigenvalue weighted by Gasteiger charge is -2.39. The maximum Gasteiger partial charge on any atom is 0.416 e. The van der Waals surface area contributed by atoms with Crippen molar-refractivity contribution in [2.24, 2.45) is 5.41 Å². The molecule has 0 aliphatic carbocycles. The zero-order valence-corrected chi connectivity index (χ0v) is 11.6. The monoisotopic (exact) mass is 284 g/mol. The molecule has 7 nitrogen and oxygen atoms in total. The summed E-state index contributed by atoms with van der Waals surface area (Å²) in [5.41, 5.74) is -0.774. The third-order valence-electron chi connectivity index (χ3n) is 4.21. The molecule has 1 unspecified atom stereocenters. The molecule has 2 aliphatic rings. The molecule has 2 aliphatic heterocycles. The second kappa shape index (κ2) is 5.78. The highest BCUT2D eigenvalue weighted by Crippen LogP contribution is 2.33. The summed E-state index contributed by atoms with van der Waals surface area (Å²) in [5.74, 6) is -1.12. The van der Waals surface area contributed by atoms with Crippen molar-refractivity contribution in [3.63, 3.8) is 0 Å². The highest BCUT2D eigenvalue weighted by atomic mass is 16.6. The van der Waals surface area contributed by atoms with Gasteiger partial charge in [-0.25, -0.2) is 9.69 Å². The number of aliphatic carboxylic acids is 1. The molecule has 0 saturated carbocycles. The lowest BCUT2D eigenvalue weighted by atomic mass is 9.77. The Morgan fingerprint density at radius 2 is 2.15 bits per heavy atom. The van der Waals surface area contributed by atoms with Gasteiger partial charge in [-0.2, -0.15) is 0 Å². The van der Waals surface area contributed by atoms with E-state index in [2.05, 4.69) is 0 Å². The van der Waals surface area contributed by atoms with E-state index >= 15 is 0 Å². The highest BCUT2D eigenvalue weighted by Gasteiger charge is 2.41. The van der Waals surface area contributed by atoms with Crippen LogP contribution in [0.15, 0.2) is 0 Å². The first-order valence-electron chi connectivity index (χ1n) is 6.91. The molecular formula is C13H20N2O5. The molecule has 7 heteroatoms. The van der Waals surface area contributed by atoms with Gasteiger partial charge < -0.3 is 9.84 Å². The topological polar surface area (TPSA) is 87.2 Å². The van der Waals surface area contributed by atoms with Crippen molar-refractivity contribution in [3.8, 4) is 0 Å². The number of cyclic esters (lactones) is 1. The van der Waals surface area contributed by atoms with E-state index in [0.717, 1.165) is 11.3 Å². The summed E-state index contributed by atoms with van der Waals surface area (Å²) in [5, 5.41) is 9.40. The van der Waals surface area contributed by atoms with Crippen molar-refractivity contribution in [3.05, 3.63) is 0 Å². The van der Waals surface area contributed by atoms with Crippen LogP contribution in [0, 0.1) is 5.41 Å². The van der Waals surface area contributed by atoms with Gasteiger partial charge in [0.15, 0.2) is 0 Å². The van der Waals surface area contributed by atoms with Gasteiger partial charge in [-0.15, -0.1) is 0 Å². The number of hydrogen-bond acceptors (Lipinski definition) is 5. The number of nitrogens with zero attached hydrogens (tertiary/aromatic N) is 2. The molecule has 0 aromatic carbocycles. The Bertz CT molecular complexity index is 425. The molecule has 0 radical (unpaired) electrons. The van der Waals surface area contributed by atoms with Gasteiger partial charge in [0.2, 0.25) is 5.91 Å². The zero-order valence-electron chi connectivity index (χ0n) is 11.6. The largest absolute Gasteiger partial charge is 0.481 e. The lowest BCUT2D eigenvalue weighted by Crippen LogP contribution is -2.50. The predicted molar refractivity (Wildman–Crippen MR) is 69.1 cm³/mol. The molecule has 2 saturated heterocycles. The van der Waals surface area contributed by atoms with Gasteiger partial charge in [-0.3, -0.25) is 14.5 Å². The molecule has 20 heavy (non-hydrogen) atoms.